The van der Waals surface area contributed by atoms with Crippen LogP contribution in [0.25, 0.3) is 0 Å². The monoisotopic (exact) mass is 338 g/mol. The molecule has 1 aromatic carbocycles. The fraction of sp³-hybridized carbons (Fsp3) is 0.438. The molecule has 2 amide bonds. The molecule has 1 aliphatic heterocycles. The lowest BCUT2D eigenvalue weighted by atomic mass is 10.1. The summed E-state index contributed by atoms with van der Waals surface area (Å²) < 4.78 is 4.67. The molecule has 0 bridgehead atoms. The Morgan fingerprint density at radius 3 is 2.83 bits per heavy atom. The third kappa shape index (κ3) is 3.82. The molecule has 1 fully saturated rings. The maximum atomic E-state index is 12.2. The van der Waals surface area contributed by atoms with Crippen LogP contribution in [0.2, 0.25) is 5.02 Å². The molecule has 7 heteroatoms. The Morgan fingerprint density at radius 1 is 1.43 bits per heavy atom. The van der Waals surface area contributed by atoms with Gasteiger partial charge in [-0.05, 0) is 24.6 Å². The number of hydrogen-bond donors (Lipinski definition) is 1. The smallest absolute Gasteiger partial charge is 0.337 e. The molecule has 1 N–H and O–H groups in total. The fourth-order valence-corrected chi connectivity index (χ4v) is 2.69. The van der Waals surface area contributed by atoms with Crippen LogP contribution in [0.5, 0.6) is 0 Å². The van der Waals surface area contributed by atoms with Crippen LogP contribution in [-0.4, -0.2) is 38.0 Å². The standard InChI is InChI=1S/C16H19ClN2O4/c1-3-6-18-15(21)11-8-14(20)19(9-11)13-7-10(16(22)23-2)4-5-12(13)17/h4-5,7,11H,3,6,8-9H2,1-2H3,(H,18,21). The minimum atomic E-state index is -0.508. The van der Waals surface area contributed by atoms with Crippen LogP contribution < -0.4 is 10.2 Å². The fourth-order valence-electron chi connectivity index (χ4n) is 2.47. The van der Waals surface area contributed by atoms with Gasteiger partial charge >= 0.3 is 5.97 Å². The third-order valence-electron chi connectivity index (χ3n) is 3.70. The first-order chi connectivity index (χ1) is 11.0. The lowest BCUT2D eigenvalue weighted by Crippen LogP contribution is -2.33. The van der Waals surface area contributed by atoms with Gasteiger partial charge in [0, 0.05) is 19.5 Å². The minimum Gasteiger partial charge on any atom is -0.465 e. The van der Waals surface area contributed by atoms with Crippen LogP contribution >= 0.6 is 11.6 Å². The zero-order valence-corrected chi connectivity index (χ0v) is 13.9. The van der Waals surface area contributed by atoms with Crippen molar-refractivity contribution in [3.8, 4) is 0 Å². The number of hydrogen-bond acceptors (Lipinski definition) is 4. The van der Waals surface area contributed by atoms with Crippen molar-refractivity contribution >= 4 is 35.1 Å². The number of amides is 2. The number of anilines is 1. The lowest BCUT2D eigenvalue weighted by Gasteiger charge is -2.19. The number of ether oxygens (including phenoxy) is 1. The summed E-state index contributed by atoms with van der Waals surface area (Å²) in [5.74, 6) is -1.24. The summed E-state index contributed by atoms with van der Waals surface area (Å²) in [7, 11) is 1.28. The SMILES string of the molecule is CCCNC(=O)C1CC(=O)N(c2cc(C(=O)OC)ccc2Cl)C1. The Kier molecular flexibility index (Phi) is 5.60. The second kappa shape index (κ2) is 7.46. The Bertz CT molecular complexity index is 633. The molecule has 6 nitrogen and oxygen atoms in total. The van der Waals surface area contributed by atoms with Gasteiger partial charge in [0.25, 0.3) is 0 Å². The van der Waals surface area contributed by atoms with Crippen LogP contribution in [0.1, 0.15) is 30.1 Å². The van der Waals surface area contributed by atoms with Crippen molar-refractivity contribution in [1.82, 2.24) is 5.32 Å². The molecule has 1 heterocycles. The van der Waals surface area contributed by atoms with Crippen LogP contribution in [0.4, 0.5) is 5.69 Å². The van der Waals surface area contributed by atoms with Crippen molar-refractivity contribution in [3.05, 3.63) is 28.8 Å². The molecule has 2 rings (SSSR count). The van der Waals surface area contributed by atoms with E-state index in [4.69, 9.17) is 11.6 Å². The number of nitrogens with zero attached hydrogens (tertiary/aromatic N) is 1. The van der Waals surface area contributed by atoms with E-state index in [1.54, 1.807) is 6.07 Å². The van der Waals surface area contributed by atoms with Crippen molar-refractivity contribution in [2.75, 3.05) is 25.1 Å². The average Bonchev–Trinajstić information content (AvgIpc) is 2.94. The van der Waals surface area contributed by atoms with Gasteiger partial charge in [-0.15, -0.1) is 0 Å². The highest BCUT2D eigenvalue weighted by Crippen LogP contribution is 2.32. The van der Waals surface area contributed by atoms with Crippen molar-refractivity contribution in [2.45, 2.75) is 19.8 Å². The molecule has 1 unspecified atom stereocenters. The number of nitrogens with one attached hydrogen (secondary N) is 1. The van der Waals surface area contributed by atoms with Crippen molar-refractivity contribution in [2.24, 2.45) is 5.92 Å². The van der Waals surface area contributed by atoms with E-state index in [1.165, 1.54) is 24.1 Å². The van der Waals surface area contributed by atoms with Crippen molar-refractivity contribution in [1.29, 1.82) is 0 Å². The molecule has 0 saturated carbocycles. The summed E-state index contributed by atoms with van der Waals surface area (Å²) in [4.78, 5) is 37.4. The number of esters is 1. The molecule has 23 heavy (non-hydrogen) atoms. The Hall–Kier alpha value is -2.08. The molecule has 1 aromatic rings. The molecule has 0 radical (unpaired) electrons. The van der Waals surface area contributed by atoms with E-state index >= 15 is 0 Å². The van der Waals surface area contributed by atoms with E-state index in [9.17, 15) is 14.4 Å². The summed E-state index contributed by atoms with van der Waals surface area (Å²) in [5, 5.41) is 3.14. The zero-order chi connectivity index (χ0) is 17.0. The second-order valence-corrected chi connectivity index (χ2v) is 5.76. The predicted octanol–water partition coefficient (Wildman–Crippen LogP) is 2.01. The van der Waals surface area contributed by atoms with Crippen molar-refractivity contribution < 1.29 is 19.1 Å². The number of halogens is 1. The van der Waals surface area contributed by atoms with E-state index < -0.39 is 11.9 Å². The molecule has 124 valence electrons. The van der Waals surface area contributed by atoms with E-state index in [2.05, 4.69) is 10.1 Å². The first-order valence-electron chi connectivity index (χ1n) is 7.43. The molecule has 0 aromatic heterocycles. The molecule has 1 saturated heterocycles. The van der Waals surface area contributed by atoms with Crippen LogP contribution in [0, 0.1) is 5.92 Å². The van der Waals surface area contributed by atoms with Gasteiger partial charge in [0.05, 0.1) is 29.3 Å². The maximum absolute atomic E-state index is 12.2. The number of carbonyl (C=O) groups is 3. The lowest BCUT2D eigenvalue weighted by molar-refractivity contribution is -0.126. The zero-order valence-electron chi connectivity index (χ0n) is 13.1. The number of carbonyl (C=O) groups excluding carboxylic acids is 3. The van der Waals surface area contributed by atoms with Crippen LogP contribution in [0.15, 0.2) is 18.2 Å². The predicted molar refractivity (Wildman–Crippen MR) is 86.6 cm³/mol. The molecule has 0 aliphatic carbocycles. The topological polar surface area (TPSA) is 75.7 Å². The van der Waals surface area contributed by atoms with E-state index in [1.807, 2.05) is 6.92 Å². The van der Waals surface area contributed by atoms with Crippen molar-refractivity contribution in [3.63, 3.8) is 0 Å². The summed E-state index contributed by atoms with van der Waals surface area (Å²) in [6, 6.07) is 4.59. The number of benzene rings is 1. The van der Waals surface area contributed by atoms with Crippen LogP contribution in [-0.2, 0) is 14.3 Å². The molecule has 1 atom stereocenters. The van der Waals surface area contributed by atoms with Gasteiger partial charge < -0.3 is 15.0 Å². The third-order valence-corrected chi connectivity index (χ3v) is 4.02. The highest BCUT2D eigenvalue weighted by molar-refractivity contribution is 6.34. The quantitative estimate of drug-likeness (QED) is 0.833. The van der Waals surface area contributed by atoms with Gasteiger partial charge in [-0.2, -0.15) is 0 Å². The minimum absolute atomic E-state index is 0.133. The number of rotatable bonds is 5. The molecule has 1 aliphatic rings. The normalized spacial score (nSPS) is 17.3. The maximum Gasteiger partial charge on any atom is 0.337 e. The Labute approximate surface area is 139 Å². The number of methoxy groups -OCH3 is 1. The van der Waals surface area contributed by atoms with Gasteiger partial charge in [0.15, 0.2) is 0 Å². The van der Waals surface area contributed by atoms with Gasteiger partial charge in [-0.25, -0.2) is 4.79 Å². The van der Waals surface area contributed by atoms with E-state index in [-0.39, 0.29) is 24.8 Å². The van der Waals surface area contributed by atoms with Gasteiger partial charge in [0.1, 0.15) is 0 Å². The Morgan fingerprint density at radius 2 is 2.17 bits per heavy atom. The summed E-state index contributed by atoms with van der Waals surface area (Å²) >= 11 is 6.15. The largest absolute Gasteiger partial charge is 0.465 e. The molecule has 0 spiro atoms. The first kappa shape index (κ1) is 17.3. The highest BCUT2D eigenvalue weighted by Gasteiger charge is 2.36. The second-order valence-electron chi connectivity index (χ2n) is 5.35. The summed E-state index contributed by atoms with van der Waals surface area (Å²) in [6.45, 7) is 2.80. The highest BCUT2D eigenvalue weighted by atomic mass is 35.5. The molecular formula is C16H19ClN2O4. The van der Waals surface area contributed by atoms with Gasteiger partial charge in [-0.1, -0.05) is 18.5 Å². The molecular weight excluding hydrogens is 320 g/mol. The summed E-state index contributed by atoms with van der Waals surface area (Å²) in [5.41, 5.74) is 0.726. The van der Waals surface area contributed by atoms with Gasteiger partial charge in [-0.3, -0.25) is 9.59 Å². The summed E-state index contributed by atoms with van der Waals surface area (Å²) in [6.07, 6.45) is 0.970. The van der Waals surface area contributed by atoms with Crippen LogP contribution in [0.3, 0.4) is 0 Å². The average molecular weight is 339 g/mol. The van der Waals surface area contributed by atoms with E-state index in [0.717, 1.165) is 6.42 Å². The first-order valence-corrected chi connectivity index (χ1v) is 7.81. The Balaban J connectivity index is 2.20. The van der Waals surface area contributed by atoms with Gasteiger partial charge in [0.2, 0.25) is 11.8 Å². The van der Waals surface area contributed by atoms with E-state index in [0.29, 0.717) is 22.8 Å².